The monoisotopic (exact) mass is 1300 g/mol. The van der Waals surface area contributed by atoms with Crippen LogP contribution in [0.25, 0.3) is 44.5 Å². The Bertz CT molecular complexity index is 3240. The number of alkyl halides is 2. The first-order valence-corrected chi connectivity index (χ1v) is 32.4. The molecule has 4 atom stereocenters. The second-order valence-corrected chi connectivity index (χ2v) is 28.5. The van der Waals surface area contributed by atoms with E-state index in [-0.39, 0.29) is 81.8 Å². The van der Waals surface area contributed by atoms with Gasteiger partial charge in [0.2, 0.25) is 0 Å². The molecule has 6 nitrogen and oxygen atoms in total. The van der Waals surface area contributed by atoms with E-state index in [4.69, 9.17) is 42.1 Å². The van der Waals surface area contributed by atoms with Gasteiger partial charge in [-0.15, -0.1) is 23.2 Å². The molecule has 0 radical (unpaired) electrons. The highest BCUT2D eigenvalue weighted by Gasteiger charge is 2.30. The van der Waals surface area contributed by atoms with Crippen LogP contribution in [-0.2, 0) is 25.0 Å². The maximum Gasteiger partial charge on any atom is 0.131 e. The van der Waals surface area contributed by atoms with Gasteiger partial charge in [-0.05, 0) is 185 Å². The van der Waals surface area contributed by atoms with E-state index >= 15 is 0 Å². The van der Waals surface area contributed by atoms with E-state index < -0.39 is 0 Å². The SMILES string of the molecule is COc1ccc(F)c(-c2ccc(CCl)cc2[C@@H](C)C(C)(C)C)c1.COc1ccc(F)c(-c2ccc(CCl)cc2[C@H](C)C(C)(C)C)c1.COc1ccc(F)c(-c2ccc(CO)cc2[C@@H](C)C(C)(C)C)c1.COc1ccc(F)c(-c2ccc(CO)cc2[C@H](C)C(C)(C)C)c1. The Balaban J connectivity index is 0.000000223. The fourth-order valence-corrected chi connectivity index (χ4v) is 10.8. The first-order chi connectivity index (χ1) is 43.1. The molecule has 0 spiro atoms. The predicted octanol–water partition coefficient (Wildman–Crippen LogP) is 23.1. The van der Waals surface area contributed by atoms with E-state index in [0.717, 1.165) is 66.8 Å². The van der Waals surface area contributed by atoms with Crippen molar-refractivity contribution >= 4 is 23.2 Å². The summed E-state index contributed by atoms with van der Waals surface area (Å²) in [5.41, 5.74) is 13.9. The van der Waals surface area contributed by atoms with Crippen molar-refractivity contribution in [3.05, 3.63) is 213 Å². The lowest BCUT2D eigenvalue weighted by molar-refractivity contribution is 0.281. The zero-order chi connectivity index (χ0) is 68.8. The van der Waals surface area contributed by atoms with Gasteiger partial charge in [0.1, 0.15) is 46.3 Å². The van der Waals surface area contributed by atoms with E-state index in [0.29, 0.717) is 57.0 Å². The molecule has 0 heterocycles. The van der Waals surface area contributed by atoms with Crippen LogP contribution in [0.1, 0.15) is 179 Å². The van der Waals surface area contributed by atoms with Gasteiger partial charge in [-0.1, -0.05) is 184 Å². The number of methoxy groups -OCH3 is 4. The summed E-state index contributed by atoms with van der Waals surface area (Å²) in [5.74, 6) is 3.34. The second kappa shape index (κ2) is 32.8. The van der Waals surface area contributed by atoms with Gasteiger partial charge >= 0.3 is 0 Å². The molecule has 0 saturated heterocycles. The third-order valence-corrected chi connectivity index (χ3v) is 18.7. The van der Waals surface area contributed by atoms with Crippen LogP contribution >= 0.6 is 23.2 Å². The van der Waals surface area contributed by atoms with E-state index in [9.17, 15) is 27.8 Å². The Morgan fingerprint density at radius 2 is 0.500 bits per heavy atom. The molecule has 0 aliphatic rings. The van der Waals surface area contributed by atoms with E-state index in [1.807, 2.05) is 60.7 Å². The number of benzene rings is 8. The molecule has 8 aromatic rings. The summed E-state index contributed by atoms with van der Waals surface area (Å²) in [4.78, 5) is 0. The molecule has 0 unspecified atom stereocenters. The summed E-state index contributed by atoms with van der Waals surface area (Å²) in [6.45, 7) is 34.7. The fourth-order valence-electron chi connectivity index (χ4n) is 10.4. The molecular weight excluding hydrogens is 1200 g/mol. The van der Waals surface area contributed by atoms with Crippen molar-refractivity contribution in [2.24, 2.45) is 21.7 Å². The highest BCUT2D eigenvalue weighted by molar-refractivity contribution is 6.17. The highest BCUT2D eigenvalue weighted by atomic mass is 35.5. The van der Waals surface area contributed by atoms with Gasteiger partial charge in [-0.2, -0.15) is 0 Å². The molecule has 2 N–H and O–H groups in total. The Morgan fingerprint density at radius 1 is 0.304 bits per heavy atom. The van der Waals surface area contributed by atoms with Crippen molar-refractivity contribution in [3.63, 3.8) is 0 Å². The van der Waals surface area contributed by atoms with Crippen LogP contribution in [0.2, 0.25) is 0 Å². The Kier molecular flexibility index (Phi) is 27.1. The van der Waals surface area contributed by atoms with Crippen LogP contribution < -0.4 is 18.9 Å². The van der Waals surface area contributed by atoms with Crippen LogP contribution in [0.15, 0.2) is 146 Å². The van der Waals surface area contributed by atoms with Crippen LogP contribution in [0.5, 0.6) is 23.0 Å². The topological polar surface area (TPSA) is 77.4 Å². The molecule has 0 aliphatic carbocycles. The lowest BCUT2D eigenvalue weighted by Crippen LogP contribution is -2.16. The Hall–Kier alpha value is -6.82. The number of halogens is 6. The average Bonchev–Trinajstić information content (AvgIpc) is 0.824. The minimum atomic E-state index is -0.273. The maximum absolute atomic E-state index is 14.4. The molecular formula is C80H98Cl2F4O6. The molecule has 92 heavy (non-hydrogen) atoms. The summed E-state index contributed by atoms with van der Waals surface area (Å²) in [5, 5.41) is 18.9. The van der Waals surface area contributed by atoms with Crippen molar-refractivity contribution in [3.8, 4) is 67.5 Å². The lowest BCUT2D eigenvalue weighted by atomic mass is 9.75. The number of aliphatic hydroxyl groups is 2. The van der Waals surface area contributed by atoms with Crippen molar-refractivity contribution in [1.29, 1.82) is 0 Å². The van der Waals surface area contributed by atoms with Crippen LogP contribution in [0, 0.1) is 44.9 Å². The third kappa shape index (κ3) is 19.6. The van der Waals surface area contributed by atoms with Gasteiger partial charge in [-0.25, -0.2) is 17.6 Å². The Labute approximate surface area is 557 Å². The summed E-state index contributed by atoms with van der Waals surface area (Å²) < 4.78 is 78.7. The highest BCUT2D eigenvalue weighted by Crippen LogP contribution is 2.46. The van der Waals surface area contributed by atoms with E-state index in [2.05, 4.69) is 123 Å². The number of hydrogen-bond acceptors (Lipinski definition) is 6. The predicted molar refractivity (Wildman–Crippen MR) is 376 cm³/mol. The molecule has 8 aromatic carbocycles. The first kappa shape index (κ1) is 75.9. The largest absolute Gasteiger partial charge is 0.497 e. The normalized spacial score (nSPS) is 13.0. The van der Waals surface area contributed by atoms with E-state index in [1.165, 1.54) is 24.3 Å². The summed E-state index contributed by atoms with van der Waals surface area (Å²) in [6, 6.07) is 42.7. The van der Waals surface area contributed by atoms with Crippen molar-refractivity contribution < 1.29 is 46.7 Å². The van der Waals surface area contributed by atoms with Crippen LogP contribution in [-0.4, -0.2) is 38.7 Å². The molecule has 0 aromatic heterocycles. The second-order valence-electron chi connectivity index (χ2n) is 28.0. The minimum absolute atomic E-state index is 0.0231. The standard InChI is InChI=1S/2C20H24ClFO.2C20H25FO2/c2*1-13(20(2,3)4)17-10-14(12-21)6-8-16(17)18-11-15(23-5)7-9-19(18)22;2*1-13(20(2,3)4)17-10-14(12-22)6-8-16(17)18-11-15(23-5)7-9-19(18)21/h2*6-11,13H,12H2,1-5H3;2*6-11,13,22H,12H2,1-5H3/t4*13-/m1010/s1. The number of aliphatic hydroxyl groups excluding tert-OH is 2. The van der Waals surface area contributed by atoms with Gasteiger partial charge in [0.15, 0.2) is 0 Å². The van der Waals surface area contributed by atoms with Gasteiger partial charge in [-0.3, -0.25) is 0 Å². The minimum Gasteiger partial charge on any atom is -0.497 e. The summed E-state index contributed by atoms with van der Waals surface area (Å²) in [6.07, 6.45) is 0. The van der Waals surface area contributed by atoms with Gasteiger partial charge in [0.05, 0.1) is 41.7 Å². The van der Waals surface area contributed by atoms with E-state index in [1.54, 1.807) is 77.0 Å². The lowest BCUT2D eigenvalue weighted by Gasteiger charge is -2.30. The molecule has 0 fully saturated rings. The number of ether oxygens (including phenoxy) is 4. The molecule has 496 valence electrons. The zero-order valence-corrected chi connectivity index (χ0v) is 59.3. The molecule has 0 aliphatic heterocycles. The smallest absolute Gasteiger partial charge is 0.131 e. The first-order valence-electron chi connectivity index (χ1n) is 31.3. The van der Waals surface area contributed by atoms with Gasteiger partial charge in [0, 0.05) is 34.0 Å². The average molecular weight is 1300 g/mol. The van der Waals surface area contributed by atoms with Crippen molar-refractivity contribution in [2.75, 3.05) is 28.4 Å². The molecule has 0 amide bonds. The van der Waals surface area contributed by atoms with Gasteiger partial charge in [0.25, 0.3) is 0 Å². The molecule has 8 rings (SSSR count). The number of rotatable bonds is 16. The van der Waals surface area contributed by atoms with Crippen LogP contribution in [0.4, 0.5) is 17.6 Å². The fraction of sp³-hybridized carbons (Fsp3) is 0.400. The van der Waals surface area contributed by atoms with Crippen molar-refractivity contribution in [1.82, 2.24) is 0 Å². The Morgan fingerprint density at radius 3 is 0.674 bits per heavy atom. The third-order valence-electron chi connectivity index (χ3n) is 18.1. The molecule has 0 saturated carbocycles. The summed E-state index contributed by atoms with van der Waals surface area (Å²) >= 11 is 12.0. The zero-order valence-electron chi connectivity index (χ0n) is 57.8. The van der Waals surface area contributed by atoms with Crippen LogP contribution in [0.3, 0.4) is 0 Å². The van der Waals surface area contributed by atoms with Crippen molar-refractivity contribution in [2.45, 2.75) is 159 Å². The van der Waals surface area contributed by atoms with Gasteiger partial charge < -0.3 is 29.2 Å². The number of hydrogen-bond donors (Lipinski definition) is 2. The quantitative estimate of drug-likeness (QED) is 0.0741. The maximum atomic E-state index is 14.4. The summed E-state index contributed by atoms with van der Waals surface area (Å²) in [7, 11) is 6.33. The molecule has 12 heteroatoms. The molecule has 0 bridgehead atoms.